The van der Waals surface area contributed by atoms with Gasteiger partial charge in [-0.25, -0.2) is 13.4 Å². The lowest BCUT2D eigenvalue weighted by molar-refractivity contribution is -0.137. The molecule has 7 nitrogen and oxygen atoms in total. The van der Waals surface area contributed by atoms with Crippen LogP contribution in [-0.2, 0) is 16.2 Å². The molecule has 0 atom stereocenters. The van der Waals surface area contributed by atoms with E-state index in [1.807, 2.05) is 0 Å². The number of nitrogens with one attached hydrogen (secondary N) is 1. The van der Waals surface area contributed by atoms with Crippen molar-refractivity contribution in [2.24, 2.45) is 0 Å². The molecule has 0 aliphatic carbocycles. The smallest absolute Gasteiger partial charge is 0.369 e. The molecule has 30 heavy (non-hydrogen) atoms. The summed E-state index contributed by atoms with van der Waals surface area (Å²) in [6.45, 7) is 0.694. The van der Waals surface area contributed by atoms with Crippen LogP contribution in [0.5, 0.6) is 0 Å². The Hall–Kier alpha value is -3.10. The second kappa shape index (κ2) is 7.30. The third-order valence-electron chi connectivity index (χ3n) is 5.06. The number of nitriles is 1. The Morgan fingerprint density at radius 1 is 1.13 bits per heavy atom. The summed E-state index contributed by atoms with van der Waals surface area (Å²) >= 11 is 0. The number of halogens is 3. The van der Waals surface area contributed by atoms with E-state index in [1.54, 1.807) is 29.3 Å². The lowest BCUT2D eigenvalue weighted by Crippen LogP contribution is -2.48. The highest BCUT2D eigenvalue weighted by Gasteiger charge is 2.35. The monoisotopic (exact) mass is 435 g/mol. The van der Waals surface area contributed by atoms with Gasteiger partial charge in [0, 0.05) is 49.6 Å². The standard InChI is InChI=1S/C19H16F3N5O2S/c20-19(21,22)16-10-14(4-3-13(16)11-23)26-6-8-27(9-7-26)30(28,29)17-12-25-18-15(17)2-1-5-24-18/h1-5,10,12H,6-9H2,(H,24,25). The van der Waals surface area contributed by atoms with Crippen molar-refractivity contribution in [3.63, 3.8) is 0 Å². The summed E-state index contributed by atoms with van der Waals surface area (Å²) in [5.74, 6) is 0. The molecular weight excluding hydrogens is 419 g/mol. The molecule has 0 bridgehead atoms. The van der Waals surface area contributed by atoms with Crippen molar-refractivity contribution < 1.29 is 21.6 Å². The van der Waals surface area contributed by atoms with Gasteiger partial charge in [0.15, 0.2) is 0 Å². The molecule has 156 valence electrons. The van der Waals surface area contributed by atoms with Crippen LogP contribution >= 0.6 is 0 Å². The number of sulfonamides is 1. The highest BCUT2D eigenvalue weighted by Crippen LogP contribution is 2.35. The number of alkyl halides is 3. The summed E-state index contributed by atoms with van der Waals surface area (Å²) in [5.41, 5.74) is -0.675. The number of fused-ring (bicyclic) bond motifs is 1. The maximum atomic E-state index is 13.2. The lowest BCUT2D eigenvalue weighted by atomic mass is 10.1. The van der Waals surface area contributed by atoms with Gasteiger partial charge in [0.25, 0.3) is 0 Å². The van der Waals surface area contributed by atoms with Crippen LogP contribution in [-0.4, -0.2) is 48.9 Å². The molecule has 4 rings (SSSR count). The molecule has 0 unspecified atom stereocenters. The van der Waals surface area contributed by atoms with Gasteiger partial charge in [-0.05, 0) is 30.3 Å². The van der Waals surface area contributed by atoms with E-state index >= 15 is 0 Å². The van der Waals surface area contributed by atoms with Crippen molar-refractivity contribution in [1.29, 1.82) is 5.26 Å². The number of rotatable bonds is 3. The van der Waals surface area contributed by atoms with Crippen molar-refractivity contribution in [1.82, 2.24) is 14.3 Å². The number of H-pyrrole nitrogens is 1. The summed E-state index contributed by atoms with van der Waals surface area (Å²) in [6, 6.07) is 8.39. The number of benzene rings is 1. The molecule has 0 saturated carbocycles. The molecule has 1 aliphatic heterocycles. The van der Waals surface area contributed by atoms with Crippen molar-refractivity contribution in [3.8, 4) is 6.07 Å². The van der Waals surface area contributed by atoms with Gasteiger partial charge in [-0.15, -0.1) is 0 Å². The minimum absolute atomic E-state index is 0.122. The van der Waals surface area contributed by atoms with E-state index in [0.29, 0.717) is 16.7 Å². The van der Waals surface area contributed by atoms with Gasteiger partial charge in [0.05, 0.1) is 17.2 Å². The Morgan fingerprint density at radius 3 is 2.53 bits per heavy atom. The van der Waals surface area contributed by atoms with Crippen LogP contribution in [0, 0.1) is 11.3 Å². The van der Waals surface area contributed by atoms with Gasteiger partial charge in [0.1, 0.15) is 10.5 Å². The van der Waals surface area contributed by atoms with Crippen LogP contribution < -0.4 is 4.90 Å². The first-order chi connectivity index (χ1) is 14.2. The Bertz CT molecular complexity index is 1240. The van der Waals surface area contributed by atoms with Crippen LogP contribution in [0.1, 0.15) is 11.1 Å². The molecule has 1 saturated heterocycles. The van der Waals surface area contributed by atoms with Crippen LogP contribution in [0.15, 0.2) is 47.6 Å². The first-order valence-electron chi connectivity index (χ1n) is 9.00. The number of pyridine rings is 1. The lowest BCUT2D eigenvalue weighted by Gasteiger charge is -2.35. The van der Waals surface area contributed by atoms with Gasteiger partial charge in [-0.2, -0.15) is 22.7 Å². The fraction of sp³-hybridized carbons (Fsp3) is 0.263. The molecule has 11 heteroatoms. The minimum atomic E-state index is -4.64. The molecule has 1 N–H and O–H groups in total. The number of hydrogen-bond donors (Lipinski definition) is 1. The first kappa shape index (κ1) is 20.2. The molecule has 0 radical (unpaired) electrons. The van der Waals surface area contributed by atoms with Crippen LogP contribution in [0.25, 0.3) is 11.0 Å². The second-order valence-electron chi connectivity index (χ2n) is 6.78. The largest absolute Gasteiger partial charge is 0.417 e. The quantitative estimate of drug-likeness (QED) is 0.683. The molecule has 3 heterocycles. The van der Waals surface area contributed by atoms with Crippen molar-refractivity contribution in [2.45, 2.75) is 11.1 Å². The molecule has 0 spiro atoms. The number of piperazine rings is 1. The summed E-state index contributed by atoms with van der Waals surface area (Å²) in [7, 11) is -3.78. The second-order valence-corrected chi connectivity index (χ2v) is 8.69. The van der Waals surface area contributed by atoms with Gasteiger partial charge >= 0.3 is 6.18 Å². The predicted octanol–water partition coefficient (Wildman–Crippen LogP) is 2.96. The van der Waals surface area contributed by atoms with E-state index in [-0.39, 0.29) is 31.1 Å². The molecule has 1 aromatic carbocycles. The topological polar surface area (TPSA) is 93.1 Å². The van der Waals surface area contributed by atoms with E-state index in [1.165, 1.54) is 16.6 Å². The van der Waals surface area contributed by atoms with Gasteiger partial charge in [0.2, 0.25) is 10.0 Å². The number of aromatic nitrogens is 2. The zero-order valence-corrected chi connectivity index (χ0v) is 16.3. The Morgan fingerprint density at radius 2 is 1.87 bits per heavy atom. The number of hydrogen-bond acceptors (Lipinski definition) is 5. The average Bonchev–Trinajstić information content (AvgIpc) is 3.18. The Labute approximate surface area is 170 Å². The normalized spacial score (nSPS) is 16.0. The Balaban J connectivity index is 1.55. The zero-order chi connectivity index (χ0) is 21.5. The fourth-order valence-corrected chi connectivity index (χ4v) is 5.10. The average molecular weight is 435 g/mol. The third kappa shape index (κ3) is 3.48. The molecule has 1 fully saturated rings. The van der Waals surface area contributed by atoms with Crippen molar-refractivity contribution >= 4 is 26.7 Å². The Kier molecular flexibility index (Phi) is 4.91. The molecule has 0 amide bonds. The molecule has 1 aliphatic rings. The van der Waals surface area contributed by atoms with Gasteiger partial charge in [-0.3, -0.25) is 0 Å². The number of aromatic amines is 1. The maximum absolute atomic E-state index is 13.2. The van der Waals surface area contributed by atoms with E-state index in [4.69, 9.17) is 5.26 Å². The highest BCUT2D eigenvalue weighted by molar-refractivity contribution is 7.89. The number of anilines is 1. The molecule has 2 aromatic heterocycles. The summed E-state index contributed by atoms with van der Waals surface area (Å²) in [6.07, 6.45) is -1.69. The van der Waals surface area contributed by atoms with Crippen LogP contribution in [0.3, 0.4) is 0 Å². The third-order valence-corrected chi connectivity index (χ3v) is 7.00. The number of nitrogens with zero attached hydrogens (tertiary/aromatic N) is 4. The molecular formula is C19H16F3N5O2S. The minimum Gasteiger partial charge on any atom is -0.369 e. The van der Waals surface area contributed by atoms with Crippen LogP contribution in [0.4, 0.5) is 18.9 Å². The predicted molar refractivity (Wildman–Crippen MR) is 103 cm³/mol. The SMILES string of the molecule is N#Cc1ccc(N2CCN(S(=O)(=O)c3c[nH]c4ncccc34)CC2)cc1C(F)(F)F. The van der Waals surface area contributed by atoms with E-state index < -0.39 is 27.3 Å². The maximum Gasteiger partial charge on any atom is 0.417 e. The first-order valence-corrected chi connectivity index (χ1v) is 10.4. The van der Waals surface area contributed by atoms with Gasteiger partial charge < -0.3 is 9.88 Å². The highest BCUT2D eigenvalue weighted by atomic mass is 32.2. The van der Waals surface area contributed by atoms with E-state index in [9.17, 15) is 21.6 Å². The molecule has 3 aromatic rings. The van der Waals surface area contributed by atoms with Crippen LogP contribution in [0.2, 0.25) is 0 Å². The summed E-state index contributed by atoms with van der Waals surface area (Å²) in [4.78, 5) is 8.73. The zero-order valence-electron chi connectivity index (χ0n) is 15.5. The summed E-state index contributed by atoms with van der Waals surface area (Å²) in [5, 5.41) is 9.42. The van der Waals surface area contributed by atoms with Gasteiger partial charge in [-0.1, -0.05) is 0 Å². The fourth-order valence-electron chi connectivity index (χ4n) is 3.53. The van der Waals surface area contributed by atoms with Crippen molar-refractivity contribution in [2.75, 3.05) is 31.1 Å². The van der Waals surface area contributed by atoms with E-state index in [0.717, 1.165) is 12.1 Å². The van der Waals surface area contributed by atoms with E-state index in [2.05, 4.69) is 9.97 Å². The summed E-state index contributed by atoms with van der Waals surface area (Å²) < 4.78 is 67.1. The van der Waals surface area contributed by atoms with Crippen molar-refractivity contribution in [3.05, 3.63) is 53.9 Å².